The normalized spacial score (nSPS) is 11.5. The van der Waals surface area contributed by atoms with Gasteiger partial charge in [-0.15, -0.1) is 0 Å². The molecule has 2 N–H and O–H groups in total. The molecular formula is C12H14Cl2N2O2S. The van der Waals surface area contributed by atoms with Gasteiger partial charge in [0.15, 0.2) is 0 Å². The molecule has 1 aromatic carbocycles. The van der Waals surface area contributed by atoms with Crippen LogP contribution in [0.3, 0.4) is 0 Å². The summed E-state index contributed by atoms with van der Waals surface area (Å²) in [4.78, 5) is 0. The van der Waals surface area contributed by atoms with Crippen LogP contribution >= 0.6 is 36.0 Å². The lowest BCUT2D eigenvalue weighted by Gasteiger charge is -2.10. The number of rotatable bonds is 6. The fraction of sp³-hybridized carbons (Fsp3) is 0.333. The average molecular weight is 321 g/mol. The van der Waals surface area contributed by atoms with Crippen LogP contribution in [0.4, 0.5) is 0 Å². The number of nitrogens with one attached hydrogen (secondary N) is 1. The van der Waals surface area contributed by atoms with Crippen LogP contribution in [-0.2, 0) is 4.74 Å². The van der Waals surface area contributed by atoms with Gasteiger partial charge in [0.25, 0.3) is 0 Å². The van der Waals surface area contributed by atoms with Crippen molar-refractivity contribution in [3.05, 3.63) is 33.8 Å². The molecule has 0 atom stereocenters. The van der Waals surface area contributed by atoms with E-state index in [-0.39, 0.29) is 18.2 Å². The Morgan fingerprint density at radius 2 is 2.05 bits per heavy atom. The van der Waals surface area contributed by atoms with Crippen LogP contribution in [0, 0.1) is 5.41 Å². The molecule has 0 unspecified atom stereocenters. The maximum absolute atomic E-state index is 8.65. The van der Waals surface area contributed by atoms with Gasteiger partial charge in [-0.25, -0.2) is 4.40 Å². The molecule has 0 bridgehead atoms. The van der Waals surface area contributed by atoms with Gasteiger partial charge in [-0.1, -0.05) is 29.3 Å². The molecule has 0 aromatic heterocycles. The Labute approximate surface area is 127 Å². The van der Waals surface area contributed by atoms with E-state index in [0.717, 1.165) is 0 Å². The summed E-state index contributed by atoms with van der Waals surface area (Å²) in [5.74, 6) is -0.0914. The molecule has 0 spiro atoms. The quantitative estimate of drug-likeness (QED) is 0.325. The molecule has 0 aliphatic rings. The Morgan fingerprint density at radius 3 is 2.63 bits per heavy atom. The van der Waals surface area contributed by atoms with Gasteiger partial charge >= 0.3 is 0 Å². The van der Waals surface area contributed by atoms with Crippen LogP contribution in [0.15, 0.2) is 22.6 Å². The molecule has 1 aromatic rings. The van der Waals surface area contributed by atoms with Gasteiger partial charge in [-0.2, -0.15) is 0 Å². The highest BCUT2D eigenvalue weighted by atomic mass is 35.5. The third kappa shape index (κ3) is 5.03. The predicted molar refractivity (Wildman–Crippen MR) is 82.0 cm³/mol. The summed E-state index contributed by atoms with van der Waals surface area (Å²) in [6.07, 6.45) is 1.30. The lowest BCUT2D eigenvalue weighted by Crippen LogP contribution is -2.18. The average Bonchev–Trinajstić information content (AvgIpc) is 2.40. The third-order valence-corrected chi connectivity index (χ3v) is 3.25. The first-order chi connectivity index (χ1) is 9.10. The van der Waals surface area contributed by atoms with Crippen molar-refractivity contribution < 1.29 is 9.84 Å². The van der Waals surface area contributed by atoms with E-state index in [2.05, 4.69) is 17.2 Å². The molecule has 0 aliphatic heterocycles. The highest BCUT2D eigenvalue weighted by Crippen LogP contribution is 2.23. The number of hydrogen-bond acceptors (Lipinski definition) is 5. The van der Waals surface area contributed by atoms with E-state index in [9.17, 15) is 0 Å². The van der Waals surface area contributed by atoms with Gasteiger partial charge in [-0.3, -0.25) is 5.41 Å². The standard InChI is InChI=1S/C12H14Cl2N2O2S/c13-9-4-3-8(7-10(9)14)11(16-19)12(15)18-6-2-1-5-17/h3-4,7,15,17,19H,1-2,5-6H2/b15-12?,16-11-. The minimum absolute atomic E-state index is 0.0914. The van der Waals surface area contributed by atoms with Crippen LogP contribution in [0.25, 0.3) is 0 Å². The zero-order valence-corrected chi connectivity index (χ0v) is 12.5. The van der Waals surface area contributed by atoms with E-state index in [1.807, 2.05) is 0 Å². The molecule has 0 radical (unpaired) electrons. The van der Waals surface area contributed by atoms with Gasteiger partial charge < -0.3 is 9.84 Å². The van der Waals surface area contributed by atoms with Crippen molar-refractivity contribution in [3.8, 4) is 0 Å². The van der Waals surface area contributed by atoms with E-state index in [0.29, 0.717) is 35.1 Å². The predicted octanol–water partition coefficient (Wildman–Crippen LogP) is 3.39. The van der Waals surface area contributed by atoms with Crippen LogP contribution < -0.4 is 0 Å². The van der Waals surface area contributed by atoms with E-state index in [4.69, 9.17) is 38.5 Å². The number of halogens is 2. The molecule has 19 heavy (non-hydrogen) atoms. The van der Waals surface area contributed by atoms with Gasteiger partial charge in [-0.05, 0) is 37.8 Å². The van der Waals surface area contributed by atoms with Gasteiger partial charge in [0.05, 0.1) is 16.7 Å². The number of hydrogen-bond donors (Lipinski definition) is 3. The second-order valence-corrected chi connectivity index (χ2v) is 4.70. The Hall–Kier alpha value is -0.750. The number of ether oxygens (including phenoxy) is 1. The largest absolute Gasteiger partial charge is 0.476 e. The van der Waals surface area contributed by atoms with Gasteiger partial charge in [0, 0.05) is 12.2 Å². The number of aliphatic hydroxyl groups excluding tert-OH is 1. The lowest BCUT2D eigenvalue weighted by molar-refractivity contribution is 0.249. The van der Waals surface area contributed by atoms with Crippen molar-refractivity contribution in [3.63, 3.8) is 0 Å². The van der Waals surface area contributed by atoms with Crippen molar-refractivity contribution in [2.24, 2.45) is 4.40 Å². The summed E-state index contributed by atoms with van der Waals surface area (Å²) in [6.45, 7) is 0.449. The third-order valence-electron chi connectivity index (χ3n) is 2.31. The molecule has 0 saturated heterocycles. The highest BCUT2D eigenvalue weighted by molar-refractivity contribution is 7.79. The van der Waals surface area contributed by atoms with E-state index in [1.165, 1.54) is 0 Å². The molecule has 0 saturated carbocycles. The molecule has 0 amide bonds. The summed E-state index contributed by atoms with van der Waals surface area (Å²) in [7, 11) is 0. The Kier molecular flexibility index (Phi) is 7.23. The number of unbranched alkanes of at least 4 members (excludes halogenated alkanes) is 1. The fourth-order valence-electron chi connectivity index (χ4n) is 1.33. The summed E-state index contributed by atoms with van der Waals surface area (Å²) in [5.41, 5.74) is 0.891. The van der Waals surface area contributed by atoms with Crippen molar-refractivity contribution in [2.45, 2.75) is 12.8 Å². The molecule has 0 fully saturated rings. The summed E-state index contributed by atoms with van der Waals surface area (Å²) >= 11 is 15.6. The second-order valence-electron chi connectivity index (χ2n) is 3.69. The zero-order valence-electron chi connectivity index (χ0n) is 10.1. The van der Waals surface area contributed by atoms with Crippen LogP contribution in [0.1, 0.15) is 18.4 Å². The number of thiol groups is 1. The monoisotopic (exact) mass is 320 g/mol. The van der Waals surface area contributed by atoms with Crippen molar-refractivity contribution in [2.75, 3.05) is 13.2 Å². The van der Waals surface area contributed by atoms with E-state index < -0.39 is 0 Å². The molecule has 0 heterocycles. The molecule has 104 valence electrons. The topological polar surface area (TPSA) is 65.7 Å². The molecular weight excluding hydrogens is 307 g/mol. The van der Waals surface area contributed by atoms with Crippen LogP contribution in [-0.4, -0.2) is 29.9 Å². The number of benzene rings is 1. The van der Waals surface area contributed by atoms with Crippen molar-refractivity contribution >= 4 is 47.6 Å². The SMILES string of the molecule is N=C(OCCCCO)/C(=N\S)c1ccc(Cl)c(Cl)c1. The summed E-state index contributed by atoms with van der Waals surface area (Å²) in [6, 6.07) is 4.91. The molecule has 7 heteroatoms. The van der Waals surface area contributed by atoms with Gasteiger partial charge in [0.1, 0.15) is 5.71 Å². The maximum atomic E-state index is 8.65. The molecule has 4 nitrogen and oxygen atoms in total. The van der Waals surface area contributed by atoms with Gasteiger partial charge in [0.2, 0.25) is 5.90 Å². The highest BCUT2D eigenvalue weighted by Gasteiger charge is 2.13. The van der Waals surface area contributed by atoms with Crippen LogP contribution in [0.2, 0.25) is 10.0 Å². The first kappa shape index (κ1) is 16.3. The summed E-state index contributed by atoms with van der Waals surface area (Å²) < 4.78 is 8.98. The molecule has 0 aliphatic carbocycles. The van der Waals surface area contributed by atoms with E-state index >= 15 is 0 Å². The fourth-order valence-corrected chi connectivity index (χ4v) is 1.84. The van der Waals surface area contributed by atoms with Crippen LogP contribution in [0.5, 0.6) is 0 Å². The molecule has 1 rings (SSSR count). The first-order valence-electron chi connectivity index (χ1n) is 5.60. The summed E-state index contributed by atoms with van der Waals surface area (Å²) in [5, 5.41) is 17.3. The lowest BCUT2D eigenvalue weighted by atomic mass is 10.1. The second kappa shape index (κ2) is 8.43. The minimum Gasteiger partial charge on any atom is -0.476 e. The maximum Gasteiger partial charge on any atom is 0.233 e. The zero-order chi connectivity index (χ0) is 14.3. The first-order valence-corrected chi connectivity index (χ1v) is 6.75. The number of nitrogens with zero attached hydrogens (tertiary/aromatic N) is 1. The van der Waals surface area contributed by atoms with Crippen molar-refractivity contribution in [1.82, 2.24) is 0 Å². The minimum atomic E-state index is -0.0914. The smallest absolute Gasteiger partial charge is 0.233 e. The van der Waals surface area contributed by atoms with E-state index in [1.54, 1.807) is 18.2 Å². The number of aliphatic hydroxyl groups is 1. The van der Waals surface area contributed by atoms with Crippen molar-refractivity contribution in [1.29, 1.82) is 5.41 Å². The Morgan fingerprint density at radius 1 is 1.32 bits per heavy atom. The Bertz CT molecular complexity index is 481. The Balaban J connectivity index is 2.72.